The average molecular weight is 308 g/mol. The summed E-state index contributed by atoms with van der Waals surface area (Å²) in [6.45, 7) is 0.440. The molecular weight excluding hydrogens is 297 g/mol. The van der Waals surface area contributed by atoms with Gasteiger partial charge < -0.3 is 5.32 Å². The van der Waals surface area contributed by atoms with E-state index >= 15 is 0 Å². The average Bonchev–Trinajstić information content (AvgIpc) is 2.45. The standard InChI is InChI=1S/C15H11F3N2S/c16-15(17,18)21-14-7-5-13(6-8-14)20-10-12-4-2-1-3-11(12)9-19/h1-8,20H,10H2. The van der Waals surface area contributed by atoms with Crippen LogP contribution >= 0.6 is 11.8 Å². The Morgan fingerprint density at radius 2 is 1.71 bits per heavy atom. The Kier molecular flexibility index (Phi) is 4.76. The fourth-order valence-electron chi connectivity index (χ4n) is 1.76. The van der Waals surface area contributed by atoms with Gasteiger partial charge in [0.25, 0.3) is 0 Å². The summed E-state index contributed by atoms with van der Waals surface area (Å²) in [4.78, 5) is 0.144. The number of halogens is 3. The number of thioether (sulfide) groups is 1. The van der Waals surface area contributed by atoms with E-state index in [-0.39, 0.29) is 16.7 Å². The smallest absolute Gasteiger partial charge is 0.381 e. The first-order valence-corrected chi connectivity index (χ1v) is 6.87. The molecule has 0 bridgehead atoms. The third-order valence-corrected chi connectivity index (χ3v) is 3.45. The molecule has 0 heterocycles. The topological polar surface area (TPSA) is 35.8 Å². The number of nitrogens with zero attached hydrogens (tertiary/aromatic N) is 1. The van der Waals surface area contributed by atoms with Crippen LogP contribution in [0.5, 0.6) is 0 Å². The van der Waals surface area contributed by atoms with Crippen LogP contribution in [-0.4, -0.2) is 5.51 Å². The number of nitriles is 1. The molecule has 21 heavy (non-hydrogen) atoms. The number of alkyl halides is 3. The number of rotatable bonds is 4. The fraction of sp³-hybridized carbons (Fsp3) is 0.133. The van der Waals surface area contributed by atoms with Gasteiger partial charge in [0, 0.05) is 17.1 Å². The third-order valence-electron chi connectivity index (χ3n) is 2.71. The molecule has 0 fully saturated rings. The monoisotopic (exact) mass is 308 g/mol. The van der Waals surface area contributed by atoms with Crippen molar-refractivity contribution >= 4 is 17.4 Å². The molecule has 6 heteroatoms. The first-order valence-electron chi connectivity index (χ1n) is 6.05. The molecule has 2 aromatic carbocycles. The van der Waals surface area contributed by atoms with Gasteiger partial charge in [-0.3, -0.25) is 0 Å². The molecule has 2 aromatic rings. The number of hydrogen-bond acceptors (Lipinski definition) is 3. The number of benzene rings is 2. The van der Waals surface area contributed by atoms with E-state index in [1.54, 1.807) is 24.3 Å². The van der Waals surface area contributed by atoms with Gasteiger partial charge in [-0.25, -0.2) is 0 Å². The van der Waals surface area contributed by atoms with Crippen molar-refractivity contribution in [1.29, 1.82) is 5.26 Å². The summed E-state index contributed by atoms with van der Waals surface area (Å²) >= 11 is -0.141. The highest BCUT2D eigenvalue weighted by Crippen LogP contribution is 2.37. The molecule has 0 unspecified atom stereocenters. The number of hydrogen-bond donors (Lipinski definition) is 1. The van der Waals surface area contributed by atoms with E-state index in [0.717, 1.165) is 5.56 Å². The minimum Gasteiger partial charge on any atom is -0.381 e. The summed E-state index contributed by atoms with van der Waals surface area (Å²) in [6, 6.07) is 15.3. The van der Waals surface area contributed by atoms with E-state index < -0.39 is 5.51 Å². The lowest BCUT2D eigenvalue weighted by atomic mass is 10.1. The van der Waals surface area contributed by atoms with E-state index in [0.29, 0.717) is 17.8 Å². The number of anilines is 1. The van der Waals surface area contributed by atoms with E-state index in [4.69, 9.17) is 5.26 Å². The molecule has 108 valence electrons. The minimum atomic E-state index is -4.28. The van der Waals surface area contributed by atoms with Gasteiger partial charge in [-0.2, -0.15) is 18.4 Å². The van der Waals surface area contributed by atoms with E-state index in [9.17, 15) is 13.2 Å². The summed E-state index contributed by atoms with van der Waals surface area (Å²) < 4.78 is 36.6. The van der Waals surface area contributed by atoms with Crippen molar-refractivity contribution in [3.05, 3.63) is 59.7 Å². The Balaban J connectivity index is 2.00. The third kappa shape index (κ3) is 4.72. The van der Waals surface area contributed by atoms with Crippen LogP contribution in [-0.2, 0) is 6.54 Å². The SMILES string of the molecule is N#Cc1ccccc1CNc1ccc(SC(F)(F)F)cc1. The predicted molar refractivity (Wildman–Crippen MR) is 76.8 cm³/mol. The summed E-state index contributed by atoms with van der Waals surface area (Å²) in [6.07, 6.45) is 0. The zero-order valence-corrected chi connectivity index (χ0v) is 11.6. The summed E-state index contributed by atoms with van der Waals surface area (Å²) in [7, 11) is 0. The second-order valence-corrected chi connectivity index (χ2v) is 5.33. The van der Waals surface area contributed by atoms with Crippen LogP contribution in [0.15, 0.2) is 53.4 Å². The highest BCUT2D eigenvalue weighted by atomic mass is 32.2. The molecule has 0 radical (unpaired) electrons. The lowest BCUT2D eigenvalue weighted by molar-refractivity contribution is -0.0328. The van der Waals surface area contributed by atoms with Crippen molar-refractivity contribution in [1.82, 2.24) is 0 Å². The maximum atomic E-state index is 12.2. The Hall–Kier alpha value is -2.13. The quantitative estimate of drug-likeness (QED) is 0.825. The number of nitrogens with one attached hydrogen (secondary N) is 1. The summed E-state index contributed by atoms with van der Waals surface area (Å²) in [5.41, 5.74) is -2.15. The van der Waals surface area contributed by atoms with Crippen molar-refractivity contribution in [3.63, 3.8) is 0 Å². The van der Waals surface area contributed by atoms with Crippen molar-refractivity contribution in [2.45, 2.75) is 16.9 Å². The first-order chi connectivity index (χ1) is 9.98. The van der Waals surface area contributed by atoms with Crippen molar-refractivity contribution < 1.29 is 13.2 Å². The van der Waals surface area contributed by atoms with Gasteiger partial charge >= 0.3 is 5.51 Å². The molecule has 2 nitrogen and oxygen atoms in total. The Bertz CT molecular complexity index is 645. The van der Waals surface area contributed by atoms with Gasteiger partial charge in [0.15, 0.2) is 0 Å². The minimum absolute atomic E-state index is 0.141. The van der Waals surface area contributed by atoms with Gasteiger partial charge in [-0.15, -0.1) is 0 Å². The van der Waals surface area contributed by atoms with Crippen LogP contribution in [0.4, 0.5) is 18.9 Å². The van der Waals surface area contributed by atoms with Crippen LogP contribution in [0.2, 0.25) is 0 Å². The maximum absolute atomic E-state index is 12.2. The Morgan fingerprint density at radius 1 is 1.05 bits per heavy atom. The molecule has 0 aliphatic heterocycles. The second-order valence-electron chi connectivity index (χ2n) is 4.19. The van der Waals surface area contributed by atoms with Crippen LogP contribution < -0.4 is 5.32 Å². The summed E-state index contributed by atoms with van der Waals surface area (Å²) in [5, 5.41) is 12.1. The van der Waals surface area contributed by atoms with Crippen LogP contribution in [0.25, 0.3) is 0 Å². The van der Waals surface area contributed by atoms with Gasteiger partial charge in [0.1, 0.15) is 0 Å². The van der Waals surface area contributed by atoms with Crippen LogP contribution in [0.1, 0.15) is 11.1 Å². The largest absolute Gasteiger partial charge is 0.446 e. The van der Waals surface area contributed by atoms with Crippen molar-refractivity contribution in [2.24, 2.45) is 0 Å². The Labute approximate surface area is 124 Å². The van der Waals surface area contributed by atoms with E-state index in [1.807, 2.05) is 12.1 Å². The zero-order chi connectivity index (χ0) is 15.3. The molecular formula is C15H11F3N2S. The lowest BCUT2D eigenvalue weighted by Crippen LogP contribution is -2.02. The van der Waals surface area contributed by atoms with Gasteiger partial charge in [0.2, 0.25) is 0 Å². The van der Waals surface area contributed by atoms with Crippen LogP contribution in [0.3, 0.4) is 0 Å². The zero-order valence-electron chi connectivity index (χ0n) is 10.8. The van der Waals surface area contributed by atoms with Crippen molar-refractivity contribution in [2.75, 3.05) is 5.32 Å². The maximum Gasteiger partial charge on any atom is 0.446 e. The first kappa shape index (κ1) is 15.3. The molecule has 0 spiro atoms. The van der Waals surface area contributed by atoms with E-state index in [1.165, 1.54) is 12.1 Å². The highest BCUT2D eigenvalue weighted by molar-refractivity contribution is 8.00. The van der Waals surface area contributed by atoms with E-state index in [2.05, 4.69) is 11.4 Å². The lowest BCUT2D eigenvalue weighted by Gasteiger charge is -2.09. The van der Waals surface area contributed by atoms with Crippen LogP contribution in [0, 0.1) is 11.3 Å². The highest BCUT2D eigenvalue weighted by Gasteiger charge is 2.28. The van der Waals surface area contributed by atoms with Gasteiger partial charge in [-0.05, 0) is 47.7 Å². The molecule has 0 aliphatic rings. The molecule has 0 aromatic heterocycles. The molecule has 0 saturated heterocycles. The van der Waals surface area contributed by atoms with Gasteiger partial charge in [0.05, 0.1) is 11.6 Å². The molecule has 1 N–H and O–H groups in total. The molecule has 2 rings (SSSR count). The van der Waals surface area contributed by atoms with Crippen molar-refractivity contribution in [3.8, 4) is 6.07 Å². The molecule has 0 saturated carbocycles. The second kappa shape index (κ2) is 6.55. The molecule has 0 aliphatic carbocycles. The fourth-order valence-corrected chi connectivity index (χ4v) is 2.29. The normalized spacial score (nSPS) is 11.0. The predicted octanol–water partition coefficient (Wildman–Crippen LogP) is 4.78. The Morgan fingerprint density at radius 3 is 2.33 bits per heavy atom. The molecule has 0 amide bonds. The summed E-state index contributed by atoms with van der Waals surface area (Å²) in [5.74, 6) is 0. The van der Waals surface area contributed by atoms with Gasteiger partial charge in [-0.1, -0.05) is 18.2 Å². The molecule has 0 atom stereocenters.